The van der Waals surface area contributed by atoms with E-state index < -0.39 is 0 Å². The zero-order valence-corrected chi connectivity index (χ0v) is 14.8. The van der Waals surface area contributed by atoms with Gasteiger partial charge in [0.05, 0.1) is 24.1 Å². The Morgan fingerprint density at radius 3 is 2.68 bits per heavy atom. The van der Waals surface area contributed by atoms with Crippen LogP contribution in [0.25, 0.3) is 0 Å². The molecule has 4 heterocycles. The molecule has 0 saturated carbocycles. The van der Waals surface area contributed by atoms with Gasteiger partial charge in [0.15, 0.2) is 0 Å². The molecular formula is C19H23N5O. The van der Waals surface area contributed by atoms with E-state index >= 15 is 0 Å². The van der Waals surface area contributed by atoms with Gasteiger partial charge in [-0.05, 0) is 33.1 Å². The van der Waals surface area contributed by atoms with Crippen molar-refractivity contribution in [3.63, 3.8) is 0 Å². The van der Waals surface area contributed by atoms with Crippen LogP contribution in [0, 0.1) is 0 Å². The highest BCUT2D eigenvalue weighted by molar-refractivity contribution is 6.14. The summed E-state index contributed by atoms with van der Waals surface area (Å²) in [7, 11) is 0. The van der Waals surface area contributed by atoms with E-state index in [1.54, 1.807) is 6.33 Å². The number of pyridine rings is 1. The molecule has 4 rings (SSSR count). The maximum Gasteiger partial charge on any atom is 0.214 e. The van der Waals surface area contributed by atoms with Gasteiger partial charge in [-0.3, -0.25) is 4.99 Å². The number of nitrogens with zero attached hydrogens (tertiary/aromatic N) is 5. The number of hydrogen-bond donors (Lipinski definition) is 0. The van der Waals surface area contributed by atoms with Gasteiger partial charge in [-0.2, -0.15) is 0 Å². The van der Waals surface area contributed by atoms with Crippen molar-refractivity contribution in [1.82, 2.24) is 15.0 Å². The molecular weight excluding hydrogens is 314 g/mol. The van der Waals surface area contributed by atoms with E-state index in [4.69, 9.17) is 9.73 Å². The summed E-state index contributed by atoms with van der Waals surface area (Å²) in [5.41, 5.74) is 3.96. The van der Waals surface area contributed by atoms with E-state index in [0.717, 1.165) is 41.4 Å². The molecule has 1 fully saturated rings. The standard InChI is InChI=1S/C19H23N5O/c1-13(2)25-18-8-15-14(10-20-18)11-21-19(15)16-9-17(23-12-22-16)24-6-4-3-5-7-24/h8-10,12-13H,3-7,11H2,1-2H3. The molecule has 2 aromatic rings. The fourth-order valence-corrected chi connectivity index (χ4v) is 3.36. The van der Waals surface area contributed by atoms with Crippen molar-refractivity contribution >= 4 is 11.5 Å². The second-order valence-corrected chi connectivity index (χ2v) is 6.82. The first-order valence-corrected chi connectivity index (χ1v) is 8.98. The summed E-state index contributed by atoms with van der Waals surface area (Å²) in [6.07, 6.45) is 7.36. The van der Waals surface area contributed by atoms with Gasteiger partial charge < -0.3 is 9.64 Å². The Morgan fingerprint density at radius 1 is 1.04 bits per heavy atom. The van der Waals surface area contributed by atoms with Crippen LogP contribution in [0.15, 0.2) is 29.6 Å². The first-order valence-electron chi connectivity index (χ1n) is 8.98. The van der Waals surface area contributed by atoms with Crippen LogP contribution in [-0.4, -0.2) is 39.9 Å². The van der Waals surface area contributed by atoms with Gasteiger partial charge >= 0.3 is 0 Å². The molecule has 0 aliphatic carbocycles. The van der Waals surface area contributed by atoms with E-state index in [1.807, 2.05) is 26.1 Å². The third-order valence-corrected chi connectivity index (χ3v) is 4.56. The van der Waals surface area contributed by atoms with Crippen LogP contribution in [0.3, 0.4) is 0 Å². The Balaban J connectivity index is 1.64. The molecule has 0 unspecified atom stereocenters. The molecule has 2 aromatic heterocycles. The van der Waals surface area contributed by atoms with Gasteiger partial charge in [0.2, 0.25) is 5.88 Å². The average molecular weight is 337 g/mol. The number of ether oxygens (including phenoxy) is 1. The molecule has 25 heavy (non-hydrogen) atoms. The fourth-order valence-electron chi connectivity index (χ4n) is 3.36. The Labute approximate surface area is 148 Å². The summed E-state index contributed by atoms with van der Waals surface area (Å²) < 4.78 is 5.74. The normalized spacial score (nSPS) is 16.8. The molecule has 0 amide bonds. The van der Waals surface area contributed by atoms with Crippen molar-refractivity contribution in [2.45, 2.75) is 45.8 Å². The summed E-state index contributed by atoms with van der Waals surface area (Å²) in [6.45, 7) is 6.77. The van der Waals surface area contributed by atoms with Crippen LogP contribution in [0.5, 0.6) is 5.88 Å². The van der Waals surface area contributed by atoms with Crippen LogP contribution in [0.1, 0.15) is 49.9 Å². The molecule has 130 valence electrons. The zero-order valence-electron chi connectivity index (χ0n) is 14.8. The highest BCUT2D eigenvalue weighted by Crippen LogP contribution is 2.26. The third kappa shape index (κ3) is 3.34. The molecule has 1 saturated heterocycles. The number of aromatic nitrogens is 3. The molecule has 0 aromatic carbocycles. The van der Waals surface area contributed by atoms with E-state index in [-0.39, 0.29) is 6.10 Å². The molecule has 0 spiro atoms. The zero-order chi connectivity index (χ0) is 17.2. The predicted octanol–water partition coefficient (Wildman–Crippen LogP) is 3.00. The lowest BCUT2D eigenvalue weighted by molar-refractivity contribution is 0.232. The van der Waals surface area contributed by atoms with Gasteiger partial charge in [-0.1, -0.05) is 0 Å². The van der Waals surface area contributed by atoms with Crippen molar-refractivity contribution in [2.75, 3.05) is 18.0 Å². The fraction of sp³-hybridized carbons (Fsp3) is 0.474. The maximum absolute atomic E-state index is 5.74. The second kappa shape index (κ2) is 6.78. The van der Waals surface area contributed by atoms with Crippen molar-refractivity contribution < 1.29 is 4.74 Å². The third-order valence-electron chi connectivity index (χ3n) is 4.56. The Bertz CT molecular complexity index is 796. The van der Waals surface area contributed by atoms with Crippen molar-refractivity contribution in [3.8, 4) is 5.88 Å². The lowest BCUT2D eigenvalue weighted by Crippen LogP contribution is -2.30. The minimum atomic E-state index is 0.0945. The van der Waals surface area contributed by atoms with E-state index in [0.29, 0.717) is 12.4 Å². The van der Waals surface area contributed by atoms with Crippen molar-refractivity contribution in [1.29, 1.82) is 0 Å². The molecule has 6 heteroatoms. The summed E-state index contributed by atoms with van der Waals surface area (Å²) in [4.78, 5) is 20.4. The Hall–Kier alpha value is -2.50. The number of rotatable bonds is 4. The van der Waals surface area contributed by atoms with Gasteiger partial charge in [0.1, 0.15) is 12.1 Å². The predicted molar refractivity (Wildman–Crippen MR) is 97.4 cm³/mol. The molecule has 2 aliphatic rings. The Morgan fingerprint density at radius 2 is 1.88 bits per heavy atom. The Kier molecular flexibility index (Phi) is 4.34. The van der Waals surface area contributed by atoms with Crippen molar-refractivity contribution in [3.05, 3.63) is 41.5 Å². The highest BCUT2D eigenvalue weighted by Gasteiger charge is 2.22. The van der Waals surface area contributed by atoms with E-state index in [9.17, 15) is 0 Å². The summed E-state index contributed by atoms with van der Waals surface area (Å²) >= 11 is 0. The number of piperidine rings is 1. The van der Waals surface area contributed by atoms with Gasteiger partial charge in [0, 0.05) is 42.5 Å². The quantitative estimate of drug-likeness (QED) is 0.858. The van der Waals surface area contributed by atoms with Crippen LogP contribution in [0.2, 0.25) is 0 Å². The van der Waals surface area contributed by atoms with E-state index in [2.05, 4.69) is 25.9 Å². The van der Waals surface area contributed by atoms with E-state index in [1.165, 1.54) is 19.3 Å². The largest absolute Gasteiger partial charge is 0.475 e. The topological polar surface area (TPSA) is 63.5 Å². The van der Waals surface area contributed by atoms with Crippen LogP contribution < -0.4 is 9.64 Å². The lowest BCUT2D eigenvalue weighted by atomic mass is 10.1. The second-order valence-electron chi connectivity index (χ2n) is 6.82. The summed E-state index contributed by atoms with van der Waals surface area (Å²) in [5, 5.41) is 0. The SMILES string of the molecule is CC(C)Oc1cc2c(cn1)CN=C2c1cc(N2CCCCC2)ncn1. The number of aliphatic imine (C=N–C) groups is 1. The number of fused-ring (bicyclic) bond motifs is 1. The molecule has 6 nitrogen and oxygen atoms in total. The maximum atomic E-state index is 5.74. The van der Waals surface area contributed by atoms with Crippen LogP contribution >= 0.6 is 0 Å². The number of hydrogen-bond acceptors (Lipinski definition) is 6. The summed E-state index contributed by atoms with van der Waals surface area (Å²) in [6, 6.07) is 4.03. The smallest absolute Gasteiger partial charge is 0.214 e. The minimum absolute atomic E-state index is 0.0945. The highest BCUT2D eigenvalue weighted by atomic mass is 16.5. The van der Waals surface area contributed by atoms with Gasteiger partial charge in [0.25, 0.3) is 0 Å². The molecule has 0 atom stereocenters. The van der Waals surface area contributed by atoms with Gasteiger partial charge in [-0.15, -0.1) is 0 Å². The van der Waals surface area contributed by atoms with Crippen molar-refractivity contribution in [2.24, 2.45) is 4.99 Å². The monoisotopic (exact) mass is 337 g/mol. The summed E-state index contributed by atoms with van der Waals surface area (Å²) in [5.74, 6) is 1.63. The minimum Gasteiger partial charge on any atom is -0.475 e. The first kappa shape index (κ1) is 16.0. The molecule has 0 radical (unpaired) electrons. The van der Waals surface area contributed by atoms with Gasteiger partial charge in [-0.25, -0.2) is 15.0 Å². The van der Waals surface area contributed by atoms with Crippen LogP contribution in [0.4, 0.5) is 5.82 Å². The molecule has 0 bridgehead atoms. The molecule has 2 aliphatic heterocycles. The first-order chi connectivity index (χ1) is 12.2. The molecule has 0 N–H and O–H groups in total. The number of anilines is 1. The average Bonchev–Trinajstić information content (AvgIpc) is 3.05. The lowest BCUT2D eigenvalue weighted by Gasteiger charge is -2.27. The van der Waals surface area contributed by atoms with Crippen LogP contribution in [-0.2, 0) is 6.54 Å².